The van der Waals surface area contributed by atoms with Crippen molar-refractivity contribution in [1.29, 1.82) is 0 Å². The van der Waals surface area contributed by atoms with Gasteiger partial charge in [0.15, 0.2) is 0 Å². The van der Waals surface area contributed by atoms with E-state index in [0.29, 0.717) is 6.42 Å². The van der Waals surface area contributed by atoms with Crippen molar-refractivity contribution < 1.29 is 10.2 Å². The third-order valence-electron chi connectivity index (χ3n) is 2.65. The van der Waals surface area contributed by atoms with E-state index in [0.717, 1.165) is 16.7 Å². The predicted octanol–water partition coefficient (Wildman–Crippen LogP) is 3.49. The number of phenolic OH excluding ortho intramolecular Hbond substituents is 2. The van der Waals surface area contributed by atoms with E-state index in [2.05, 4.69) is 6.58 Å². The molecule has 0 atom stereocenters. The van der Waals surface area contributed by atoms with Gasteiger partial charge in [0.1, 0.15) is 11.5 Å². The summed E-state index contributed by atoms with van der Waals surface area (Å²) in [5, 5.41) is 19.3. The number of rotatable bonds is 3. The van der Waals surface area contributed by atoms with Gasteiger partial charge in [-0.15, -0.1) is 6.58 Å². The molecule has 0 aliphatic rings. The van der Waals surface area contributed by atoms with E-state index in [1.54, 1.807) is 30.3 Å². The molecular formula is C15H14O2. The first kappa shape index (κ1) is 11.3. The zero-order chi connectivity index (χ0) is 12.3. The summed E-state index contributed by atoms with van der Waals surface area (Å²) in [7, 11) is 0. The lowest BCUT2D eigenvalue weighted by Crippen LogP contribution is -1.88. The third kappa shape index (κ3) is 2.31. The van der Waals surface area contributed by atoms with Crippen molar-refractivity contribution in [2.24, 2.45) is 0 Å². The molecular weight excluding hydrogens is 212 g/mol. The van der Waals surface area contributed by atoms with E-state index >= 15 is 0 Å². The molecule has 0 aliphatic heterocycles. The van der Waals surface area contributed by atoms with Crippen LogP contribution in [-0.2, 0) is 6.42 Å². The number of phenols is 2. The van der Waals surface area contributed by atoms with Gasteiger partial charge in [0.2, 0.25) is 0 Å². The Balaban J connectivity index is 2.58. The highest BCUT2D eigenvalue weighted by molar-refractivity contribution is 5.73. The second kappa shape index (κ2) is 4.74. The SMILES string of the molecule is C=CCc1cc(O)ccc1-c1ccccc1O. The summed E-state index contributed by atoms with van der Waals surface area (Å²) in [6, 6.07) is 12.3. The van der Waals surface area contributed by atoms with Gasteiger partial charge in [0.05, 0.1) is 0 Å². The molecule has 0 saturated carbocycles. The summed E-state index contributed by atoms with van der Waals surface area (Å²) in [4.78, 5) is 0. The van der Waals surface area contributed by atoms with Gasteiger partial charge in [-0.05, 0) is 35.7 Å². The van der Waals surface area contributed by atoms with Crippen molar-refractivity contribution in [3.05, 3.63) is 60.7 Å². The number of aromatic hydroxyl groups is 2. The average molecular weight is 226 g/mol. The zero-order valence-corrected chi connectivity index (χ0v) is 9.43. The van der Waals surface area contributed by atoms with Crippen molar-refractivity contribution in [3.8, 4) is 22.6 Å². The fourth-order valence-corrected chi connectivity index (χ4v) is 1.87. The van der Waals surface area contributed by atoms with Crippen LogP contribution in [0.25, 0.3) is 11.1 Å². The first-order valence-corrected chi connectivity index (χ1v) is 5.43. The molecule has 17 heavy (non-hydrogen) atoms. The summed E-state index contributed by atoms with van der Waals surface area (Å²) in [5.41, 5.74) is 2.63. The Morgan fingerprint density at radius 1 is 1.00 bits per heavy atom. The van der Waals surface area contributed by atoms with Crippen LogP contribution in [0.4, 0.5) is 0 Å². The van der Waals surface area contributed by atoms with Crippen molar-refractivity contribution >= 4 is 0 Å². The maximum absolute atomic E-state index is 9.84. The lowest BCUT2D eigenvalue weighted by atomic mass is 9.97. The monoisotopic (exact) mass is 226 g/mol. The Bertz CT molecular complexity index is 544. The largest absolute Gasteiger partial charge is 0.508 e. The minimum atomic E-state index is 0.223. The summed E-state index contributed by atoms with van der Waals surface area (Å²) in [6.07, 6.45) is 2.43. The first-order chi connectivity index (χ1) is 8.22. The standard InChI is InChI=1S/C15H14O2/c1-2-5-11-10-12(16)8-9-13(11)14-6-3-4-7-15(14)17/h2-4,6-10,16-17H,1,5H2. The summed E-state index contributed by atoms with van der Waals surface area (Å²) < 4.78 is 0. The van der Waals surface area contributed by atoms with Gasteiger partial charge in [0, 0.05) is 5.56 Å². The average Bonchev–Trinajstić information content (AvgIpc) is 2.31. The van der Waals surface area contributed by atoms with Gasteiger partial charge in [-0.25, -0.2) is 0 Å². The van der Waals surface area contributed by atoms with E-state index in [4.69, 9.17) is 0 Å². The minimum Gasteiger partial charge on any atom is -0.508 e. The molecule has 0 aliphatic carbocycles. The molecule has 0 unspecified atom stereocenters. The number of allylic oxidation sites excluding steroid dienone is 1. The number of hydrogen-bond acceptors (Lipinski definition) is 2. The molecule has 2 aromatic carbocycles. The molecule has 2 rings (SSSR count). The van der Waals surface area contributed by atoms with Crippen molar-refractivity contribution in [2.75, 3.05) is 0 Å². The number of para-hydroxylation sites is 1. The maximum atomic E-state index is 9.84. The van der Waals surface area contributed by atoms with Crippen molar-refractivity contribution in [2.45, 2.75) is 6.42 Å². The summed E-state index contributed by atoms with van der Waals surface area (Å²) in [6.45, 7) is 3.70. The van der Waals surface area contributed by atoms with Crippen LogP contribution < -0.4 is 0 Å². The van der Waals surface area contributed by atoms with E-state index in [1.165, 1.54) is 0 Å². The Hall–Kier alpha value is -2.22. The molecule has 0 amide bonds. The molecule has 0 heterocycles. The van der Waals surface area contributed by atoms with E-state index in [9.17, 15) is 10.2 Å². The topological polar surface area (TPSA) is 40.5 Å². The number of hydrogen-bond donors (Lipinski definition) is 2. The maximum Gasteiger partial charge on any atom is 0.123 e. The molecule has 2 heteroatoms. The quantitative estimate of drug-likeness (QED) is 0.786. The Morgan fingerprint density at radius 2 is 1.76 bits per heavy atom. The molecule has 0 bridgehead atoms. The normalized spacial score (nSPS) is 10.1. The minimum absolute atomic E-state index is 0.223. The summed E-state index contributed by atoms with van der Waals surface area (Å²) >= 11 is 0. The van der Waals surface area contributed by atoms with E-state index in [1.807, 2.05) is 18.2 Å². The predicted molar refractivity (Wildman–Crippen MR) is 69.1 cm³/mol. The Morgan fingerprint density at radius 3 is 2.47 bits per heavy atom. The van der Waals surface area contributed by atoms with Gasteiger partial charge in [-0.1, -0.05) is 30.3 Å². The molecule has 0 aromatic heterocycles. The molecule has 0 radical (unpaired) electrons. The molecule has 2 aromatic rings. The fourth-order valence-electron chi connectivity index (χ4n) is 1.87. The molecule has 0 saturated heterocycles. The van der Waals surface area contributed by atoms with Crippen LogP contribution in [0.2, 0.25) is 0 Å². The van der Waals surface area contributed by atoms with Gasteiger partial charge in [-0.2, -0.15) is 0 Å². The van der Waals surface area contributed by atoms with Gasteiger partial charge < -0.3 is 10.2 Å². The molecule has 0 fully saturated rings. The Kier molecular flexibility index (Phi) is 3.15. The molecule has 2 N–H and O–H groups in total. The zero-order valence-electron chi connectivity index (χ0n) is 9.43. The van der Waals surface area contributed by atoms with Gasteiger partial charge >= 0.3 is 0 Å². The third-order valence-corrected chi connectivity index (χ3v) is 2.65. The van der Waals surface area contributed by atoms with Crippen LogP contribution in [0.3, 0.4) is 0 Å². The van der Waals surface area contributed by atoms with E-state index in [-0.39, 0.29) is 11.5 Å². The van der Waals surface area contributed by atoms with Gasteiger partial charge in [0.25, 0.3) is 0 Å². The highest BCUT2D eigenvalue weighted by atomic mass is 16.3. The van der Waals surface area contributed by atoms with E-state index < -0.39 is 0 Å². The van der Waals surface area contributed by atoms with Gasteiger partial charge in [-0.3, -0.25) is 0 Å². The fraction of sp³-hybridized carbons (Fsp3) is 0.0667. The summed E-state index contributed by atoms with van der Waals surface area (Å²) in [5.74, 6) is 0.463. The highest BCUT2D eigenvalue weighted by Crippen LogP contribution is 2.33. The Labute approximate surface area is 100 Å². The molecule has 86 valence electrons. The molecule has 0 spiro atoms. The van der Waals surface area contributed by atoms with Crippen LogP contribution in [0.1, 0.15) is 5.56 Å². The lowest BCUT2D eigenvalue weighted by molar-refractivity contribution is 0.473. The second-order valence-electron chi connectivity index (χ2n) is 3.85. The van der Waals surface area contributed by atoms with Crippen molar-refractivity contribution in [1.82, 2.24) is 0 Å². The molecule has 2 nitrogen and oxygen atoms in total. The highest BCUT2D eigenvalue weighted by Gasteiger charge is 2.08. The van der Waals surface area contributed by atoms with Crippen LogP contribution in [0.15, 0.2) is 55.1 Å². The van der Waals surface area contributed by atoms with Crippen LogP contribution in [0, 0.1) is 0 Å². The smallest absolute Gasteiger partial charge is 0.123 e. The van der Waals surface area contributed by atoms with Crippen LogP contribution in [0.5, 0.6) is 11.5 Å². The first-order valence-electron chi connectivity index (χ1n) is 5.43. The van der Waals surface area contributed by atoms with Crippen LogP contribution in [-0.4, -0.2) is 10.2 Å². The number of benzene rings is 2. The lowest BCUT2D eigenvalue weighted by Gasteiger charge is -2.10. The van der Waals surface area contributed by atoms with Crippen molar-refractivity contribution in [3.63, 3.8) is 0 Å². The van der Waals surface area contributed by atoms with Crippen LogP contribution >= 0.6 is 0 Å². The second-order valence-corrected chi connectivity index (χ2v) is 3.85.